The van der Waals surface area contributed by atoms with Crippen LogP contribution < -0.4 is 10.0 Å². The van der Waals surface area contributed by atoms with Crippen LogP contribution in [-0.2, 0) is 10.0 Å². The molecule has 0 aromatic heterocycles. The summed E-state index contributed by atoms with van der Waals surface area (Å²) in [6.45, 7) is 5.77. The van der Waals surface area contributed by atoms with E-state index in [1.165, 1.54) is 36.6 Å². The predicted molar refractivity (Wildman–Crippen MR) is 105 cm³/mol. The Labute approximate surface area is 161 Å². The van der Waals surface area contributed by atoms with Crippen LogP contribution in [0, 0.1) is 0 Å². The Morgan fingerprint density at radius 1 is 1.23 bits per heavy atom. The van der Waals surface area contributed by atoms with Gasteiger partial charge in [0.05, 0.1) is 5.02 Å². The lowest BCUT2D eigenvalue weighted by molar-refractivity contribution is 0.0954. The van der Waals surface area contributed by atoms with Gasteiger partial charge in [0.25, 0.3) is 5.91 Å². The second-order valence-electron chi connectivity index (χ2n) is 7.61. The van der Waals surface area contributed by atoms with E-state index in [2.05, 4.69) is 16.1 Å². The van der Waals surface area contributed by atoms with E-state index in [4.69, 9.17) is 11.6 Å². The normalized spacial score (nSPS) is 15.5. The molecule has 0 radical (unpaired) electrons. The van der Waals surface area contributed by atoms with Crippen molar-refractivity contribution in [2.75, 3.05) is 6.54 Å². The minimum atomic E-state index is -3.81. The van der Waals surface area contributed by atoms with E-state index >= 15 is 0 Å². The van der Waals surface area contributed by atoms with Crippen LogP contribution in [0.5, 0.6) is 0 Å². The molecule has 0 fully saturated rings. The van der Waals surface area contributed by atoms with E-state index in [9.17, 15) is 13.2 Å². The molecule has 0 saturated heterocycles. The van der Waals surface area contributed by atoms with Crippen LogP contribution in [0.4, 0.5) is 0 Å². The van der Waals surface area contributed by atoms with Crippen LogP contribution in [-0.4, -0.2) is 26.4 Å². The molecule has 0 aliphatic heterocycles. The number of rotatable bonds is 6. The van der Waals surface area contributed by atoms with Crippen molar-refractivity contribution >= 4 is 27.5 Å². The molecule has 1 aromatic rings. The Kier molecular flexibility index (Phi) is 6.88. The van der Waals surface area contributed by atoms with Crippen molar-refractivity contribution in [3.05, 3.63) is 40.4 Å². The quantitative estimate of drug-likeness (QED) is 0.710. The molecule has 1 amide bonds. The zero-order valence-corrected chi connectivity index (χ0v) is 17.1. The lowest BCUT2D eigenvalue weighted by atomic mass is 9.97. The lowest BCUT2D eigenvalue weighted by Crippen LogP contribution is -2.40. The minimum Gasteiger partial charge on any atom is -0.352 e. The zero-order valence-electron chi connectivity index (χ0n) is 15.6. The molecule has 1 aliphatic carbocycles. The highest BCUT2D eigenvalue weighted by molar-refractivity contribution is 7.89. The maximum absolute atomic E-state index is 12.5. The number of carbonyl (C=O) groups excluding carboxylic acids is 1. The Bertz CT molecular complexity index is 795. The Morgan fingerprint density at radius 3 is 2.58 bits per heavy atom. The fraction of sp³-hybridized carbons (Fsp3) is 0.526. The smallest absolute Gasteiger partial charge is 0.251 e. The lowest BCUT2D eigenvalue weighted by Gasteiger charge is -2.21. The number of allylic oxidation sites excluding steroid dienone is 1. The molecule has 2 N–H and O–H groups in total. The number of halogens is 1. The standard InChI is InChI=1S/C19H27ClN2O3S/c1-19(2,3)22-26(24,25)17-13-15(9-10-16(17)20)18(23)21-12-11-14-7-5-4-6-8-14/h7,9-10,13,22H,4-6,8,11-12H2,1-3H3,(H,21,23). The van der Waals surface area contributed by atoms with Crippen LogP contribution in [0.2, 0.25) is 5.02 Å². The maximum atomic E-state index is 12.5. The summed E-state index contributed by atoms with van der Waals surface area (Å²) in [6.07, 6.45) is 7.73. The first-order chi connectivity index (χ1) is 12.1. The molecular formula is C19H27ClN2O3S. The van der Waals surface area contributed by atoms with Crippen molar-refractivity contribution in [1.82, 2.24) is 10.0 Å². The summed E-state index contributed by atoms with van der Waals surface area (Å²) < 4.78 is 27.6. The Hall–Kier alpha value is -1.37. The molecule has 0 unspecified atom stereocenters. The monoisotopic (exact) mass is 398 g/mol. The molecule has 0 saturated carbocycles. The number of hydrogen-bond acceptors (Lipinski definition) is 3. The van der Waals surface area contributed by atoms with Gasteiger partial charge in [-0.25, -0.2) is 13.1 Å². The number of benzene rings is 1. The first-order valence-corrected chi connectivity index (χ1v) is 10.7. The first-order valence-electron chi connectivity index (χ1n) is 8.88. The third kappa shape index (κ3) is 6.11. The molecule has 0 atom stereocenters. The Balaban J connectivity index is 2.08. The maximum Gasteiger partial charge on any atom is 0.251 e. The molecule has 26 heavy (non-hydrogen) atoms. The second-order valence-corrected chi connectivity index (χ2v) is 9.67. The van der Waals surface area contributed by atoms with Crippen molar-refractivity contribution in [2.45, 2.75) is 63.3 Å². The Morgan fingerprint density at radius 2 is 1.96 bits per heavy atom. The molecule has 5 nitrogen and oxygen atoms in total. The van der Waals surface area contributed by atoms with Gasteiger partial charge in [0, 0.05) is 17.6 Å². The SMILES string of the molecule is CC(C)(C)NS(=O)(=O)c1cc(C(=O)NCCC2=CCCCC2)ccc1Cl. The van der Waals surface area contributed by atoms with Crippen molar-refractivity contribution in [2.24, 2.45) is 0 Å². The highest BCUT2D eigenvalue weighted by atomic mass is 35.5. The molecule has 2 rings (SSSR count). The van der Waals surface area contributed by atoms with E-state index in [1.54, 1.807) is 20.8 Å². The van der Waals surface area contributed by atoms with Crippen LogP contribution in [0.15, 0.2) is 34.7 Å². The van der Waals surface area contributed by atoms with E-state index in [0.717, 1.165) is 19.3 Å². The highest BCUT2D eigenvalue weighted by Crippen LogP contribution is 2.24. The summed E-state index contributed by atoms with van der Waals surface area (Å²) in [5, 5.41) is 2.94. The summed E-state index contributed by atoms with van der Waals surface area (Å²) in [6, 6.07) is 4.30. The predicted octanol–water partition coefficient (Wildman–Crippen LogP) is 4.04. The number of hydrogen-bond donors (Lipinski definition) is 2. The molecule has 7 heteroatoms. The highest BCUT2D eigenvalue weighted by Gasteiger charge is 2.25. The third-order valence-corrected chi connectivity index (χ3v) is 6.28. The minimum absolute atomic E-state index is 0.0864. The van der Waals surface area contributed by atoms with E-state index in [0.29, 0.717) is 6.54 Å². The zero-order chi connectivity index (χ0) is 19.4. The summed E-state index contributed by atoms with van der Waals surface area (Å²) in [5.41, 5.74) is 1.01. The molecule has 144 valence electrons. The second kappa shape index (κ2) is 8.55. The fourth-order valence-corrected chi connectivity index (χ4v) is 4.82. The number of sulfonamides is 1. The molecule has 1 aliphatic rings. The van der Waals surface area contributed by atoms with Crippen molar-refractivity contribution in [1.29, 1.82) is 0 Å². The van der Waals surface area contributed by atoms with Gasteiger partial charge in [-0.3, -0.25) is 4.79 Å². The molecule has 0 spiro atoms. The van der Waals surface area contributed by atoms with Gasteiger partial charge < -0.3 is 5.32 Å². The van der Waals surface area contributed by atoms with Crippen LogP contribution in [0.25, 0.3) is 0 Å². The van der Waals surface area contributed by atoms with Gasteiger partial charge in [-0.1, -0.05) is 23.3 Å². The number of carbonyl (C=O) groups is 1. The van der Waals surface area contributed by atoms with Crippen molar-refractivity contribution in [3.8, 4) is 0 Å². The molecule has 0 bridgehead atoms. The largest absolute Gasteiger partial charge is 0.352 e. The average molecular weight is 399 g/mol. The van der Waals surface area contributed by atoms with E-state index in [1.807, 2.05) is 0 Å². The number of amides is 1. The van der Waals surface area contributed by atoms with Gasteiger partial charge in [0.2, 0.25) is 10.0 Å². The van der Waals surface area contributed by atoms with Crippen molar-refractivity contribution < 1.29 is 13.2 Å². The fourth-order valence-electron chi connectivity index (χ4n) is 2.88. The topological polar surface area (TPSA) is 75.3 Å². The number of nitrogens with one attached hydrogen (secondary N) is 2. The molecule has 0 heterocycles. The third-order valence-electron chi connectivity index (χ3n) is 4.04. The van der Waals surface area contributed by atoms with Gasteiger partial charge in [-0.05, 0) is 71.1 Å². The van der Waals surface area contributed by atoms with E-state index < -0.39 is 15.6 Å². The molecule has 1 aromatic carbocycles. The van der Waals surface area contributed by atoms with Crippen molar-refractivity contribution in [3.63, 3.8) is 0 Å². The molecular weight excluding hydrogens is 372 g/mol. The van der Waals surface area contributed by atoms with Gasteiger partial charge in [-0.2, -0.15) is 0 Å². The van der Waals surface area contributed by atoms with Gasteiger partial charge in [0.1, 0.15) is 4.90 Å². The van der Waals surface area contributed by atoms with Gasteiger partial charge >= 0.3 is 0 Å². The summed E-state index contributed by atoms with van der Waals surface area (Å²) in [7, 11) is -3.81. The van der Waals surface area contributed by atoms with Crippen LogP contribution in [0.1, 0.15) is 63.2 Å². The van der Waals surface area contributed by atoms with Gasteiger partial charge in [-0.15, -0.1) is 0 Å². The van der Waals surface area contributed by atoms with Crippen LogP contribution >= 0.6 is 11.6 Å². The first kappa shape index (κ1) is 20.9. The summed E-state index contributed by atoms with van der Waals surface area (Å²) in [4.78, 5) is 12.3. The summed E-state index contributed by atoms with van der Waals surface area (Å²) in [5.74, 6) is -0.301. The van der Waals surface area contributed by atoms with Gasteiger partial charge in [0.15, 0.2) is 0 Å². The summed E-state index contributed by atoms with van der Waals surface area (Å²) >= 11 is 6.06. The van der Waals surface area contributed by atoms with Crippen LogP contribution in [0.3, 0.4) is 0 Å². The average Bonchev–Trinajstić information content (AvgIpc) is 2.53. The van der Waals surface area contributed by atoms with E-state index in [-0.39, 0.29) is 21.4 Å².